The molecule has 3 aromatic rings. The maximum absolute atomic E-state index is 13.2. The molecule has 1 aromatic heterocycles. The quantitative estimate of drug-likeness (QED) is 0.364. The van der Waals surface area contributed by atoms with Crippen molar-refractivity contribution >= 4 is 51.5 Å². The SMILES string of the molecule is CCOC(=O)Cn1cc(/C=C2/SC(=Nc3ccccc3)N(CCOC)C2=O)c2ccccc21. The van der Waals surface area contributed by atoms with E-state index in [1.54, 1.807) is 18.9 Å². The topological polar surface area (TPSA) is 73.1 Å². The van der Waals surface area contributed by atoms with Crippen molar-refractivity contribution in [2.75, 3.05) is 26.9 Å². The fourth-order valence-corrected chi connectivity index (χ4v) is 4.61. The van der Waals surface area contributed by atoms with Crippen LogP contribution in [0.25, 0.3) is 17.0 Å². The van der Waals surface area contributed by atoms with Crippen LogP contribution in [0.15, 0.2) is 70.7 Å². The fraction of sp³-hybridized carbons (Fsp3) is 0.240. The smallest absolute Gasteiger partial charge is 0.325 e. The first-order valence-corrected chi connectivity index (χ1v) is 11.5. The van der Waals surface area contributed by atoms with Gasteiger partial charge in [0.05, 0.1) is 30.4 Å². The van der Waals surface area contributed by atoms with Crippen LogP contribution in [-0.2, 0) is 25.6 Å². The lowest BCUT2D eigenvalue weighted by molar-refractivity contribution is -0.143. The Balaban J connectivity index is 1.70. The second-order valence-electron chi connectivity index (χ2n) is 7.32. The molecule has 0 atom stereocenters. The monoisotopic (exact) mass is 463 g/mol. The average Bonchev–Trinajstić information content (AvgIpc) is 3.30. The Hall–Kier alpha value is -3.36. The third-order valence-electron chi connectivity index (χ3n) is 5.10. The van der Waals surface area contributed by atoms with E-state index >= 15 is 0 Å². The molecule has 0 saturated carbocycles. The van der Waals surface area contributed by atoms with Gasteiger partial charge in [-0.2, -0.15) is 0 Å². The first kappa shape index (κ1) is 22.8. The Morgan fingerprint density at radius 1 is 1.12 bits per heavy atom. The number of aromatic nitrogens is 1. The third kappa shape index (κ3) is 5.18. The van der Waals surface area contributed by atoms with Crippen LogP contribution in [0.1, 0.15) is 12.5 Å². The van der Waals surface area contributed by atoms with Crippen LogP contribution in [-0.4, -0.2) is 53.4 Å². The number of nitrogens with zero attached hydrogens (tertiary/aromatic N) is 3. The van der Waals surface area contributed by atoms with E-state index in [0.29, 0.717) is 29.8 Å². The van der Waals surface area contributed by atoms with Gasteiger partial charge in [-0.1, -0.05) is 36.4 Å². The molecule has 33 heavy (non-hydrogen) atoms. The molecule has 4 rings (SSSR count). The lowest BCUT2D eigenvalue weighted by atomic mass is 10.1. The van der Waals surface area contributed by atoms with E-state index in [4.69, 9.17) is 9.47 Å². The molecular formula is C25H25N3O4S. The summed E-state index contributed by atoms with van der Waals surface area (Å²) in [5.74, 6) is -0.416. The van der Waals surface area contributed by atoms with Crippen molar-refractivity contribution in [2.45, 2.75) is 13.5 Å². The molecule has 2 aromatic carbocycles. The molecule has 2 heterocycles. The van der Waals surface area contributed by atoms with Gasteiger partial charge in [-0.3, -0.25) is 14.5 Å². The molecule has 1 aliphatic rings. The molecular weight excluding hydrogens is 438 g/mol. The van der Waals surface area contributed by atoms with Crippen molar-refractivity contribution in [1.29, 1.82) is 0 Å². The summed E-state index contributed by atoms with van der Waals surface area (Å²) in [5.41, 5.74) is 2.54. The Morgan fingerprint density at radius 2 is 1.88 bits per heavy atom. The molecule has 0 aliphatic carbocycles. The van der Waals surface area contributed by atoms with Crippen LogP contribution in [0, 0.1) is 0 Å². The number of thioether (sulfide) groups is 1. The summed E-state index contributed by atoms with van der Waals surface area (Å²) in [4.78, 5) is 32.2. The van der Waals surface area contributed by atoms with Crippen LogP contribution in [0.2, 0.25) is 0 Å². The van der Waals surface area contributed by atoms with Crippen LogP contribution >= 0.6 is 11.8 Å². The number of hydrogen-bond donors (Lipinski definition) is 0. The number of fused-ring (bicyclic) bond motifs is 1. The van der Waals surface area contributed by atoms with E-state index in [0.717, 1.165) is 22.2 Å². The van der Waals surface area contributed by atoms with Gasteiger partial charge in [-0.05, 0) is 43.0 Å². The highest BCUT2D eigenvalue weighted by molar-refractivity contribution is 8.18. The predicted molar refractivity (Wildman–Crippen MR) is 131 cm³/mol. The van der Waals surface area contributed by atoms with Gasteiger partial charge in [0.25, 0.3) is 5.91 Å². The summed E-state index contributed by atoms with van der Waals surface area (Å²) in [7, 11) is 1.61. The number of benzene rings is 2. The maximum Gasteiger partial charge on any atom is 0.325 e. The summed E-state index contributed by atoms with van der Waals surface area (Å²) < 4.78 is 12.2. The van der Waals surface area contributed by atoms with Gasteiger partial charge in [-0.15, -0.1) is 0 Å². The van der Waals surface area contributed by atoms with Crippen LogP contribution in [0.5, 0.6) is 0 Å². The normalized spacial score (nSPS) is 16.3. The van der Waals surface area contributed by atoms with Crippen molar-refractivity contribution in [3.63, 3.8) is 0 Å². The molecule has 0 bridgehead atoms. The summed E-state index contributed by atoms with van der Waals surface area (Å²) >= 11 is 1.34. The van der Waals surface area contributed by atoms with Crippen molar-refractivity contribution in [2.24, 2.45) is 4.99 Å². The minimum absolute atomic E-state index is 0.110. The number of esters is 1. The van der Waals surface area contributed by atoms with Crippen molar-refractivity contribution in [1.82, 2.24) is 9.47 Å². The molecule has 1 aliphatic heterocycles. The molecule has 0 radical (unpaired) electrons. The van der Waals surface area contributed by atoms with Gasteiger partial charge in [-0.25, -0.2) is 4.99 Å². The van der Waals surface area contributed by atoms with Gasteiger partial charge in [0.15, 0.2) is 5.17 Å². The van der Waals surface area contributed by atoms with Crippen molar-refractivity contribution in [3.8, 4) is 0 Å². The minimum Gasteiger partial charge on any atom is -0.465 e. The van der Waals surface area contributed by atoms with Gasteiger partial charge in [0, 0.05) is 29.8 Å². The fourth-order valence-electron chi connectivity index (χ4n) is 3.59. The van der Waals surface area contributed by atoms with E-state index in [2.05, 4.69) is 4.99 Å². The summed E-state index contributed by atoms with van der Waals surface area (Å²) in [6.45, 7) is 3.05. The second kappa shape index (κ2) is 10.5. The third-order valence-corrected chi connectivity index (χ3v) is 6.11. The van der Waals surface area contributed by atoms with Crippen LogP contribution in [0.4, 0.5) is 5.69 Å². The summed E-state index contributed by atoms with van der Waals surface area (Å²) in [6, 6.07) is 17.3. The van der Waals surface area contributed by atoms with Gasteiger partial charge in [0.2, 0.25) is 0 Å². The molecule has 0 N–H and O–H groups in total. The Kier molecular flexibility index (Phi) is 7.26. The van der Waals surface area contributed by atoms with Crippen LogP contribution in [0.3, 0.4) is 0 Å². The molecule has 0 unspecified atom stereocenters. The van der Waals surface area contributed by atoms with Crippen LogP contribution < -0.4 is 0 Å². The van der Waals surface area contributed by atoms with E-state index in [1.807, 2.05) is 71.4 Å². The number of hydrogen-bond acceptors (Lipinski definition) is 6. The zero-order chi connectivity index (χ0) is 23.2. The van der Waals surface area contributed by atoms with E-state index in [1.165, 1.54) is 11.8 Å². The number of carbonyl (C=O) groups is 2. The molecule has 8 heteroatoms. The van der Waals surface area contributed by atoms with Crippen molar-refractivity contribution < 1.29 is 19.1 Å². The molecule has 1 amide bonds. The predicted octanol–water partition coefficient (Wildman–Crippen LogP) is 4.45. The first-order chi connectivity index (χ1) is 16.1. The van der Waals surface area contributed by atoms with Gasteiger partial charge in [0.1, 0.15) is 6.54 Å². The Morgan fingerprint density at radius 3 is 2.64 bits per heavy atom. The first-order valence-electron chi connectivity index (χ1n) is 10.7. The molecule has 0 spiro atoms. The summed E-state index contributed by atoms with van der Waals surface area (Å²) in [6.07, 6.45) is 3.75. The average molecular weight is 464 g/mol. The largest absolute Gasteiger partial charge is 0.465 e. The van der Waals surface area contributed by atoms with E-state index in [9.17, 15) is 9.59 Å². The number of rotatable bonds is 8. The number of carbonyl (C=O) groups excluding carboxylic acids is 2. The summed E-state index contributed by atoms with van der Waals surface area (Å²) in [5, 5.41) is 1.57. The minimum atomic E-state index is -0.299. The highest BCUT2D eigenvalue weighted by Crippen LogP contribution is 2.35. The Labute approximate surface area is 196 Å². The number of methoxy groups -OCH3 is 1. The number of para-hydroxylation sites is 2. The lowest BCUT2D eigenvalue weighted by Gasteiger charge is -2.14. The number of ether oxygens (including phenoxy) is 2. The standard InChI is InChI=1S/C25H25N3O4S/c1-3-32-23(29)17-27-16-18(20-11-7-8-12-21(20)27)15-22-24(30)28(13-14-31-2)25(33-22)26-19-9-5-4-6-10-19/h4-12,15-16H,3,13-14,17H2,1-2H3/b22-15+,26-25?. The Bertz CT molecular complexity index is 1220. The van der Waals surface area contributed by atoms with Gasteiger partial charge < -0.3 is 14.0 Å². The van der Waals surface area contributed by atoms with E-state index in [-0.39, 0.29) is 18.4 Å². The number of amidine groups is 1. The molecule has 1 saturated heterocycles. The highest BCUT2D eigenvalue weighted by Gasteiger charge is 2.33. The molecule has 1 fully saturated rings. The van der Waals surface area contributed by atoms with Gasteiger partial charge >= 0.3 is 5.97 Å². The maximum atomic E-state index is 13.2. The highest BCUT2D eigenvalue weighted by atomic mass is 32.2. The van der Waals surface area contributed by atoms with Crippen molar-refractivity contribution in [3.05, 3.63) is 71.3 Å². The zero-order valence-corrected chi connectivity index (χ0v) is 19.4. The molecule has 170 valence electrons. The zero-order valence-electron chi connectivity index (χ0n) is 18.6. The number of amides is 1. The molecule has 7 nitrogen and oxygen atoms in total. The second-order valence-corrected chi connectivity index (χ2v) is 8.33. The van der Waals surface area contributed by atoms with E-state index < -0.39 is 0 Å². The lowest BCUT2D eigenvalue weighted by Crippen LogP contribution is -2.32. The number of aliphatic imine (C=N–C) groups is 1.